The van der Waals surface area contributed by atoms with Gasteiger partial charge in [-0.1, -0.05) is 60.7 Å². The fraction of sp³-hybridized carbons (Fsp3) is 0.167. The van der Waals surface area contributed by atoms with E-state index in [0.717, 1.165) is 5.56 Å². The molecule has 7 heteroatoms. The standard InChI is InChI=1S/C30H26N2O4S/c1-18(2)36-23-16-14-20(15-17-23)25-24(27(34)30(35)32(25)22-12-8-5-9-13-22)26(33)28-19(3)31-29(37-28)21-10-6-4-7-11-21/h4-18,25,34H,1-3H3. The number of hydrogen-bond acceptors (Lipinski definition) is 6. The maximum Gasteiger partial charge on any atom is 0.294 e. The van der Waals surface area contributed by atoms with Gasteiger partial charge >= 0.3 is 0 Å². The molecule has 1 amide bonds. The zero-order valence-electron chi connectivity index (χ0n) is 20.7. The van der Waals surface area contributed by atoms with Crippen molar-refractivity contribution >= 4 is 28.7 Å². The summed E-state index contributed by atoms with van der Waals surface area (Å²) in [5.41, 5.74) is 2.77. The van der Waals surface area contributed by atoms with Gasteiger partial charge in [0.1, 0.15) is 10.8 Å². The number of nitrogens with zero attached hydrogens (tertiary/aromatic N) is 2. The SMILES string of the molecule is Cc1nc(-c2ccccc2)sc1C(=O)C1=C(O)C(=O)N(c2ccccc2)C1c1ccc(OC(C)C)cc1. The number of aliphatic hydroxyl groups is 1. The smallest absolute Gasteiger partial charge is 0.294 e. The lowest BCUT2D eigenvalue weighted by Crippen LogP contribution is -2.31. The summed E-state index contributed by atoms with van der Waals surface area (Å²) in [7, 11) is 0. The highest BCUT2D eigenvalue weighted by atomic mass is 32.1. The molecule has 0 saturated heterocycles. The van der Waals surface area contributed by atoms with Crippen molar-refractivity contribution in [2.24, 2.45) is 0 Å². The third kappa shape index (κ3) is 4.66. The molecule has 4 aromatic rings. The van der Waals surface area contributed by atoms with Crippen molar-refractivity contribution in [3.63, 3.8) is 0 Å². The maximum atomic E-state index is 14.0. The van der Waals surface area contributed by atoms with Crippen LogP contribution >= 0.6 is 11.3 Å². The molecular formula is C30H26N2O4S. The van der Waals surface area contributed by atoms with Gasteiger partial charge in [0, 0.05) is 11.3 Å². The first kappa shape index (κ1) is 24.5. The second kappa shape index (κ2) is 10.0. The van der Waals surface area contributed by atoms with Crippen molar-refractivity contribution in [1.29, 1.82) is 0 Å². The Hall–Kier alpha value is -4.23. The number of rotatable bonds is 7. The normalized spacial score (nSPS) is 15.5. The molecule has 0 radical (unpaired) electrons. The second-order valence-corrected chi connectivity index (χ2v) is 10.0. The number of carbonyl (C=O) groups excluding carboxylic acids is 2. The van der Waals surface area contributed by atoms with Crippen LogP contribution in [0.25, 0.3) is 10.6 Å². The first-order chi connectivity index (χ1) is 17.8. The Balaban J connectivity index is 1.60. The molecule has 37 heavy (non-hydrogen) atoms. The van der Waals surface area contributed by atoms with Crippen LogP contribution in [-0.4, -0.2) is 27.9 Å². The minimum Gasteiger partial charge on any atom is -0.503 e. The van der Waals surface area contributed by atoms with Gasteiger partial charge in [-0.2, -0.15) is 0 Å². The molecular weight excluding hydrogens is 484 g/mol. The first-order valence-corrected chi connectivity index (χ1v) is 12.8. The van der Waals surface area contributed by atoms with Gasteiger partial charge in [-0.3, -0.25) is 14.5 Å². The molecule has 0 bridgehead atoms. The minimum atomic E-state index is -0.808. The van der Waals surface area contributed by atoms with Gasteiger partial charge in [0.25, 0.3) is 5.91 Å². The van der Waals surface area contributed by atoms with E-state index in [-0.39, 0.29) is 11.7 Å². The van der Waals surface area contributed by atoms with E-state index in [1.54, 1.807) is 19.1 Å². The van der Waals surface area contributed by atoms with Gasteiger partial charge in [-0.25, -0.2) is 4.98 Å². The Labute approximate surface area is 219 Å². The fourth-order valence-electron chi connectivity index (χ4n) is 4.44. The topological polar surface area (TPSA) is 79.7 Å². The molecule has 1 atom stereocenters. The molecule has 6 nitrogen and oxygen atoms in total. The number of aromatic nitrogens is 1. The summed E-state index contributed by atoms with van der Waals surface area (Å²) in [6.45, 7) is 5.66. The molecule has 5 rings (SSSR count). The second-order valence-electron chi connectivity index (χ2n) is 9.04. The Morgan fingerprint density at radius 3 is 2.22 bits per heavy atom. The molecule has 1 aliphatic rings. The van der Waals surface area contributed by atoms with E-state index in [0.29, 0.717) is 32.6 Å². The van der Waals surface area contributed by atoms with Crippen LogP contribution in [0.15, 0.2) is 96.3 Å². The van der Waals surface area contributed by atoms with Crippen LogP contribution in [0.2, 0.25) is 0 Å². The predicted molar refractivity (Wildman–Crippen MR) is 145 cm³/mol. The molecule has 1 aliphatic heterocycles. The number of aryl methyl sites for hydroxylation is 1. The van der Waals surface area contributed by atoms with Crippen LogP contribution in [0.3, 0.4) is 0 Å². The van der Waals surface area contributed by atoms with Gasteiger partial charge in [0.2, 0.25) is 5.78 Å². The van der Waals surface area contributed by atoms with Crippen LogP contribution in [0.5, 0.6) is 5.75 Å². The average molecular weight is 511 g/mol. The van der Waals surface area contributed by atoms with Crippen LogP contribution in [0.1, 0.15) is 40.8 Å². The monoisotopic (exact) mass is 510 g/mol. The van der Waals surface area contributed by atoms with Crippen molar-refractivity contribution in [2.75, 3.05) is 4.90 Å². The van der Waals surface area contributed by atoms with E-state index >= 15 is 0 Å². The third-order valence-corrected chi connectivity index (χ3v) is 7.28. The molecule has 1 unspecified atom stereocenters. The van der Waals surface area contributed by atoms with E-state index < -0.39 is 23.5 Å². The lowest BCUT2D eigenvalue weighted by atomic mass is 9.94. The molecule has 0 spiro atoms. The summed E-state index contributed by atoms with van der Waals surface area (Å²) in [5.74, 6) is -0.891. The summed E-state index contributed by atoms with van der Waals surface area (Å²) < 4.78 is 5.77. The summed E-state index contributed by atoms with van der Waals surface area (Å²) in [5, 5.41) is 11.8. The molecule has 1 aromatic heterocycles. The van der Waals surface area contributed by atoms with Crippen molar-refractivity contribution < 1.29 is 19.4 Å². The van der Waals surface area contributed by atoms with Crippen LogP contribution < -0.4 is 9.64 Å². The van der Waals surface area contributed by atoms with Gasteiger partial charge in [-0.05, 0) is 50.6 Å². The number of ether oxygens (including phenoxy) is 1. The number of para-hydroxylation sites is 1. The number of thiazole rings is 1. The molecule has 0 saturated carbocycles. The lowest BCUT2D eigenvalue weighted by molar-refractivity contribution is -0.117. The number of benzene rings is 3. The average Bonchev–Trinajstić information content (AvgIpc) is 3.42. The number of aliphatic hydroxyl groups excluding tert-OH is 1. The molecule has 0 aliphatic carbocycles. The Bertz CT molecular complexity index is 1480. The quantitative estimate of drug-likeness (QED) is 0.280. The van der Waals surface area contributed by atoms with Crippen LogP contribution in [0, 0.1) is 6.92 Å². The summed E-state index contributed by atoms with van der Waals surface area (Å²) in [6.07, 6.45) is 0.00826. The first-order valence-electron chi connectivity index (χ1n) is 12.0. The maximum absolute atomic E-state index is 14.0. The van der Waals surface area contributed by atoms with E-state index in [1.165, 1.54) is 16.2 Å². The zero-order chi connectivity index (χ0) is 26.1. The van der Waals surface area contributed by atoms with Crippen molar-refractivity contribution in [1.82, 2.24) is 4.98 Å². The number of amides is 1. The van der Waals surface area contributed by atoms with Gasteiger partial charge in [0.15, 0.2) is 5.76 Å². The molecule has 3 aromatic carbocycles. The Kier molecular flexibility index (Phi) is 6.63. The van der Waals surface area contributed by atoms with Crippen LogP contribution in [0.4, 0.5) is 5.69 Å². The predicted octanol–water partition coefficient (Wildman–Crippen LogP) is 6.69. The fourth-order valence-corrected chi connectivity index (χ4v) is 5.47. The van der Waals surface area contributed by atoms with E-state index in [1.807, 2.05) is 86.6 Å². The van der Waals surface area contributed by atoms with Crippen molar-refractivity contribution in [3.05, 3.63) is 112 Å². The van der Waals surface area contributed by atoms with Crippen molar-refractivity contribution in [3.8, 4) is 16.3 Å². The summed E-state index contributed by atoms with van der Waals surface area (Å²) in [6, 6.07) is 25.1. The van der Waals surface area contributed by atoms with Gasteiger partial charge in [0.05, 0.1) is 28.3 Å². The highest BCUT2D eigenvalue weighted by Crippen LogP contribution is 2.43. The van der Waals surface area contributed by atoms with Crippen LogP contribution in [-0.2, 0) is 4.79 Å². The Morgan fingerprint density at radius 2 is 1.59 bits per heavy atom. The molecule has 186 valence electrons. The molecule has 0 fully saturated rings. The third-order valence-electron chi connectivity index (χ3n) is 6.08. The summed E-state index contributed by atoms with van der Waals surface area (Å²) >= 11 is 1.26. The van der Waals surface area contributed by atoms with Gasteiger partial charge in [-0.15, -0.1) is 11.3 Å². The van der Waals surface area contributed by atoms with Crippen molar-refractivity contribution in [2.45, 2.75) is 32.9 Å². The highest BCUT2D eigenvalue weighted by Gasteiger charge is 2.45. The number of carbonyl (C=O) groups is 2. The lowest BCUT2D eigenvalue weighted by Gasteiger charge is -2.27. The highest BCUT2D eigenvalue weighted by molar-refractivity contribution is 7.17. The minimum absolute atomic E-state index is 0.00826. The van der Waals surface area contributed by atoms with E-state index in [2.05, 4.69) is 4.98 Å². The molecule has 1 N–H and O–H groups in total. The van der Waals surface area contributed by atoms with E-state index in [4.69, 9.17) is 4.74 Å². The summed E-state index contributed by atoms with van der Waals surface area (Å²) in [4.78, 5) is 33.9. The number of anilines is 1. The van der Waals surface area contributed by atoms with Gasteiger partial charge < -0.3 is 9.84 Å². The Morgan fingerprint density at radius 1 is 0.973 bits per heavy atom. The number of ketones is 1. The number of hydrogen-bond donors (Lipinski definition) is 1. The van der Waals surface area contributed by atoms with E-state index in [9.17, 15) is 14.7 Å². The number of Topliss-reactive ketones (excluding diaryl/α,β-unsaturated/α-hetero) is 1. The largest absolute Gasteiger partial charge is 0.503 e. The zero-order valence-corrected chi connectivity index (χ0v) is 21.5. The molecule has 2 heterocycles.